The van der Waals surface area contributed by atoms with Gasteiger partial charge < -0.3 is 5.32 Å². The van der Waals surface area contributed by atoms with E-state index in [9.17, 15) is 0 Å². The molecule has 0 unspecified atom stereocenters. The van der Waals surface area contributed by atoms with E-state index in [0.717, 1.165) is 22.7 Å². The molecule has 104 valence electrons. The average Bonchev–Trinajstić information content (AvgIpc) is 2.80. The number of anilines is 1. The van der Waals surface area contributed by atoms with Crippen LogP contribution in [0, 0.1) is 11.5 Å². The first-order chi connectivity index (χ1) is 9.42. The molecule has 20 heavy (non-hydrogen) atoms. The number of thiazole rings is 1. The summed E-state index contributed by atoms with van der Waals surface area (Å²) in [6, 6.07) is 8.19. The Morgan fingerprint density at radius 3 is 2.80 bits per heavy atom. The fraction of sp³-hybridized carbons (Fsp3) is 0.267. The maximum atomic E-state index is 5.82. The van der Waals surface area contributed by atoms with Crippen molar-refractivity contribution in [2.75, 3.05) is 5.32 Å². The number of hydrogen-bond acceptors (Lipinski definition) is 3. The van der Waals surface area contributed by atoms with Crippen LogP contribution in [-0.2, 0) is 6.54 Å². The molecule has 0 aliphatic heterocycles. The first-order valence-electron chi connectivity index (χ1n) is 6.40. The number of nitrogens with zero attached hydrogens (tertiary/aromatic N) is 1. The predicted molar refractivity (Wildman–Crippen MR) is 91.1 cm³/mol. The van der Waals surface area contributed by atoms with E-state index < -0.39 is 8.07 Å². The van der Waals surface area contributed by atoms with Gasteiger partial charge in [0.1, 0.15) is 8.07 Å². The highest BCUT2D eigenvalue weighted by Crippen LogP contribution is 2.19. The molecular weight excluding hydrogens is 304 g/mol. The maximum Gasteiger partial charge on any atom is 0.183 e. The molecule has 0 radical (unpaired) electrons. The lowest BCUT2D eigenvalue weighted by Gasteiger charge is -2.06. The largest absolute Gasteiger partial charge is 0.380 e. The van der Waals surface area contributed by atoms with E-state index in [1.807, 2.05) is 18.2 Å². The Morgan fingerprint density at radius 1 is 1.35 bits per heavy atom. The molecule has 0 saturated heterocycles. The minimum absolute atomic E-state index is 0.580. The zero-order valence-corrected chi connectivity index (χ0v) is 14.4. The molecule has 1 N–H and O–H groups in total. The molecule has 1 aromatic carbocycles. The molecule has 1 heterocycles. The van der Waals surface area contributed by atoms with Crippen molar-refractivity contribution >= 4 is 36.7 Å². The molecule has 0 aliphatic carbocycles. The summed E-state index contributed by atoms with van der Waals surface area (Å²) in [6.07, 6.45) is 1.80. The van der Waals surface area contributed by atoms with E-state index in [1.165, 1.54) is 11.3 Å². The molecule has 0 aliphatic rings. The van der Waals surface area contributed by atoms with Gasteiger partial charge in [-0.1, -0.05) is 43.2 Å². The fourth-order valence-electron chi connectivity index (χ4n) is 1.52. The van der Waals surface area contributed by atoms with Gasteiger partial charge in [-0.3, -0.25) is 0 Å². The molecule has 0 atom stereocenters. The third-order valence-corrected chi connectivity index (χ3v) is 4.43. The lowest BCUT2D eigenvalue weighted by atomic mass is 10.2. The summed E-state index contributed by atoms with van der Waals surface area (Å²) in [5, 5.41) is 3.37. The molecule has 0 bridgehead atoms. The number of hydrogen-bond donors (Lipinski definition) is 1. The van der Waals surface area contributed by atoms with Crippen LogP contribution in [0.2, 0.25) is 24.1 Å². The normalized spacial score (nSPS) is 10.8. The van der Waals surface area contributed by atoms with Gasteiger partial charge >= 0.3 is 0 Å². The van der Waals surface area contributed by atoms with E-state index in [0.29, 0.717) is 4.47 Å². The molecular formula is C15H17ClN2SSi. The molecule has 5 heteroatoms. The highest BCUT2D eigenvalue weighted by molar-refractivity contribution is 7.15. The molecule has 0 amide bonds. The Bertz CT molecular complexity index is 650. The summed E-state index contributed by atoms with van der Waals surface area (Å²) < 4.78 is 0.580. The number of halogens is 1. The molecule has 0 saturated carbocycles. The van der Waals surface area contributed by atoms with Gasteiger partial charge in [0.05, 0.1) is 6.54 Å². The van der Waals surface area contributed by atoms with E-state index in [2.05, 4.69) is 47.5 Å². The lowest BCUT2D eigenvalue weighted by molar-refractivity contribution is 1.17. The van der Waals surface area contributed by atoms with E-state index in [1.54, 1.807) is 6.20 Å². The van der Waals surface area contributed by atoms with Gasteiger partial charge in [-0.25, -0.2) is 4.98 Å². The number of rotatable bonds is 3. The van der Waals surface area contributed by atoms with Crippen LogP contribution in [0.1, 0.15) is 10.4 Å². The summed E-state index contributed by atoms with van der Waals surface area (Å²) >= 11 is 7.31. The predicted octanol–water partition coefficient (Wildman–Crippen LogP) is 4.64. The van der Waals surface area contributed by atoms with Crippen molar-refractivity contribution in [1.82, 2.24) is 4.98 Å². The van der Waals surface area contributed by atoms with Crippen molar-refractivity contribution in [2.45, 2.75) is 26.2 Å². The molecule has 1 aromatic heterocycles. The van der Waals surface area contributed by atoms with Crippen molar-refractivity contribution in [1.29, 1.82) is 0 Å². The Balaban J connectivity index is 2.04. The Kier molecular flexibility index (Phi) is 4.87. The van der Waals surface area contributed by atoms with E-state index in [4.69, 9.17) is 11.6 Å². The topological polar surface area (TPSA) is 24.9 Å². The van der Waals surface area contributed by atoms with Crippen molar-refractivity contribution in [3.8, 4) is 11.5 Å². The van der Waals surface area contributed by atoms with Gasteiger partial charge in [-0.05, 0) is 18.2 Å². The molecule has 2 nitrogen and oxygen atoms in total. The van der Waals surface area contributed by atoms with Gasteiger partial charge in [-0.15, -0.1) is 16.9 Å². The Hall–Kier alpha value is -1.28. The maximum absolute atomic E-state index is 5.82. The van der Waals surface area contributed by atoms with Crippen LogP contribution >= 0.6 is 22.9 Å². The van der Waals surface area contributed by atoms with Crippen LogP contribution in [0.4, 0.5) is 5.69 Å². The van der Waals surface area contributed by atoms with Crippen molar-refractivity contribution in [2.24, 2.45) is 0 Å². The fourth-order valence-corrected chi connectivity index (χ4v) is 2.96. The third kappa shape index (κ3) is 5.01. The smallest absolute Gasteiger partial charge is 0.183 e. The number of aromatic nitrogens is 1. The van der Waals surface area contributed by atoms with Crippen LogP contribution in [0.5, 0.6) is 0 Å². The van der Waals surface area contributed by atoms with Gasteiger partial charge in [0.2, 0.25) is 0 Å². The summed E-state index contributed by atoms with van der Waals surface area (Å²) in [5.41, 5.74) is 5.50. The summed E-state index contributed by atoms with van der Waals surface area (Å²) in [6.45, 7) is 7.47. The van der Waals surface area contributed by atoms with Crippen molar-refractivity contribution < 1.29 is 0 Å². The quantitative estimate of drug-likeness (QED) is 0.658. The van der Waals surface area contributed by atoms with Gasteiger partial charge in [-0.2, -0.15) is 0 Å². The van der Waals surface area contributed by atoms with Crippen molar-refractivity contribution in [3.63, 3.8) is 0 Å². The lowest BCUT2D eigenvalue weighted by Crippen LogP contribution is -2.16. The van der Waals surface area contributed by atoms with E-state index in [-0.39, 0.29) is 0 Å². The number of benzene rings is 1. The third-order valence-electron chi connectivity index (χ3n) is 2.44. The Morgan fingerprint density at radius 2 is 2.15 bits per heavy atom. The molecule has 0 spiro atoms. The average molecular weight is 321 g/mol. The summed E-state index contributed by atoms with van der Waals surface area (Å²) in [4.78, 5) is 5.15. The minimum atomic E-state index is -1.33. The van der Waals surface area contributed by atoms with Crippen LogP contribution in [0.15, 0.2) is 30.5 Å². The first-order valence-corrected chi connectivity index (χ1v) is 11.1. The highest BCUT2D eigenvalue weighted by atomic mass is 35.5. The van der Waals surface area contributed by atoms with Crippen molar-refractivity contribution in [3.05, 3.63) is 45.4 Å². The zero-order chi connectivity index (χ0) is 14.6. The van der Waals surface area contributed by atoms with E-state index >= 15 is 0 Å². The monoisotopic (exact) mass is 320 g/mol. The SMILES string of the molecule is C[Si](C)(C)C#Cc1cccc(NCc2cnc(Cl)s2)c1. The molecule has 2 aromatic rings. The van der Waals surface area contributed by atoms with Gasteiger partial charge in [0.15, 0.2) is 4.47 Å². The number of nitrogens with one attached hydrogen (secondary N) is 1. The second kappa shape index (κ2) is 6.44. The van der Waals surface area contributed by atoms with Gasteiger partial charge in [0, 0.05) is 22.3 Å². The van der Waals surface area contributed by atoms with Gasteiger partial charge in [0.25, 0.3) is 0 Å². The molecule has 0 fully saturated rings. The minimum Gasteiger partial charge on any atom is -0.380 e. The van der Waals surface area contributed by atoms with Crippen LogP contribution < -0.4 is 5.32 Å². The highest BCUT2D eigenvalue weighted by Gasteiger charge is 2.07. The van der Waals surface area contributed by atoms with Crippen LogP contribution in [0.3, 0.4) is 0 Å². The van der Waals surface area contributed by atoms with Crippen LogP contribution in [-0.4, -0.2) is 13.1 Å². The summed E-state index contributed by atoms with van der Waals surface area (Å²) in [7, 11) is -1.33. The molecule has 2 rings (SSSR count). The summed E-state index contributed by atoms with van der Waals surface area (Å²) in [5.74, 6) is 3.27. The van der Waals surface area contributed by atoms with Crippen LogP contribution in [0.25, 0.3) is 0 Å². The second-order valence-electron chi connectivity index (χ2n) is 5.51. The Labute approximate surface area is 130 Å². The second-order valence-corrected chi connectivity index (χ2v) is 12.0. The first kappa shape index (κ1) is 15.1. The standard InChI is InChI=1S/C15H17ClN2SSi/c1-20(2,3)8-7-12-5-4-6-13(9-12)17-10-14-11-18-15(16)19-14/h4-6,9,11,17H,10H2,1-3H3. The zero-order valence-electron chi connectivity index (χ0n) is 11.8.